The van der Waals surface area contributed by atoms with Crippen molar-refractivity contribution < 1.29 is 0 Å². The van der Waals surface area contributed by atoms with Crippen LogP contribution < -0.4 is 0 Å². The summed E-state index contributed by atoms with van der Waals surface area (Å²) in [6.07, 6.45) is 1.85. The fourth-order valence-electron chi connectivity index (χ4n) is 8.59. The van der Waals surface area contributed by atoms with Crippen molar-refractivity contribution in [3.05, 3.63) is 240 Å². The molecule has 0 unspecified atom stereocenters. The van der Waals surface area contributed by atoms with Gasteiger partial charge in [-0.2, -0.15) is 5.26 Å². The molecule has 0 saturated carbocycles. The number of rotatable bonds is 7. The Morgan fingerprint density at radius 2 is 0.877 bits per heavy atom. The van der Waals surface area contributed by atoms with Gasteiger partial charge in [0.15, 0.2) is 0 Å². The number of hydrogen-bond acceptors (Lipinski definition) is 3. The normalized spacial score (nSPS) is 12.3. The zero-order chi connectivity index (χ0) is 38.2. The Morgan fingerprint density at radius 1 is 0.368 bits per heavy atom. The minimum absolute atomic E-state index is 0.644. The van der Waals surface area contributed by atoms with E-state index in [1.54, 1.807) is 0 Å². The van der Waals surface area contributed by atoms with E-state index in [2.05, 4.69) is 182 Å². The summed E-state index contributed by atoms with van der Waals surface area (Å²) in [7, 11) is 0. The molecule has 0 N–H and O–H groups in total. The molecule has 0 saturated heterocycles. The van der Waals surface area contributed by atoms with Crippen LogP contribution in [0.2, 0.25) is 0 Å². The van der Waals surface area contributed by atoms with E-state index in [9.17, 15) is 5.26 Å². The molecule has 9 aromatic rings. The molecule has 0 fully saturated rings. The smallest absolute Gasteiger partial charge is 0.0991 e. The third-order valence-corrected chi connectivity index (χ3v) is 11.2. The van der Waals surface area contributed by atoms with Gasteiger partial charge in [-0.3, -0.25) is 4.98 Å². The van der Waals surface area contributed by atoms with Crippen LogP contribution in [0.5, 0.6) is 0 Å². The van der Waals surface area contributed by atoms with Crippen molar-refractivity contribution in [3.63, 3.8) is 0 Å². The predicted octanol–water partition coefficient (Wildman–Crippen LogP) is 13.0. The number of nitriles is 1. The van der Waals surface area contributed by atoms with Crippen molar-refractivity contribution in [1.82, 2.24) is 9.97 Å². The SMILES string of the molecule is N#Cc1ccc2c(c1)C(c1ccccc1)(c1ccccc1)c1cc(-c3cc(-c4ccccn4)cc(-c4cc(-c5ccccc5)cc(-c5ccccc5)n4)c3)ccc1-2. The first-order valence-corrected chi connectivity index (χ1v) is 19.2. The van der Waals surface area contributed by atoms with Gasteiger partial charge in [-0.15, -0.1) is 0 Å². The zero-order valence-corrected chi connectivity index (χ0v) is 31.0. The summed E-state index contributed by atoms with van der Waals surface area (Å²) in [5.74, 6) is 0. The van der Waals surface area contributed by atoms with Crippen LogP contribution in [-0.2, 0) is 5.41 Å². The lowest BCUT2D eigenvalue weighted by Crippen LogP contribution is -2.28. The predicted molar refractivity (Wildman–Crippen MR) is 231 cm³/mol. The molecule has 1 aliphatic carbocycles. The van der Waals surface area contributed by atoms with Gasteiger partial charge in [-0.25, -0.2) is 4.98 Å². The van der Waals surface area contributed by atoms with Crippen LogP contribution in [-0.4, -0.2) is 9.97 Å². The first-order valence-electron chi connectivity index (χ1n) is 19.2. The molecule has 0 bridgehead atoms. The highest BCUT2D eigenvalue weighted by molar-refractivity contribution is 5.90. The maximum absolute atomic E-state index is 10.1. The Kier molecular flexibility index (Phi) is 8.43. The standard InChI is InChI=1S/C54H35N3/c55-36-37-24-26-47-48-27-25-40(33-50(48)54(49(47)29-37,45-19-9-3-10-20-45)46-21-11-4-12-22-46)41-30-43(51-23-13-14-28-56-51)32-44(31-41)53-35-42(38-15-5-1-6-16-38)34-52(57-53)39-17-7-2-8-18-39/h1-35H. The van der Waals surface area contributed by atoms with E-state index in [0.29, 0.717) is 5.56 Å². The van der Waals surface area contributed by atoms with Crippen LogP contribution in [0.25, 0.3) is 67.2 Å². The second-order valence-corrected chi connectivity index (χ2v) is 14.5. The van der Waals surface area contributed by atoms with E-state index in [4.69, 9.17) is 9.97 Å². The van der Waals surface area contributed by atoms with Crippen LogP contribution in [0, 0.1) is 11.3 Å². The number of pyridine rings is 2. The molecule has 266 valence electrons. The Morgan fingerprint density at radius 3 is 1.49 bits per heavy atom. The molecule has 1 aliphatic rings. The number of benzene rings is 7. The first-order chi connectivity index (χ1) is 28.2. The Labute approximate surface area is 332 Å². The van der Waals surface area contributed by atoms with E-state index in [-0.39, 0.29) is 0 Å². The topological polar surface area (TPSA) is 49.6 Å². The average Bonchev–Trinajstić information content (AvgIpc) is 3.59. The van der Waals surface area contributed by atoms with Gasteiger partial charge in [0, 0.05) is 22.9 Å². The van der Waals surface area contributed by atoms with Gasteiger partial charge in [0.1, 0.15) is 0 Å². The monoisotopic (exact) mass is 725 g/mol. The second-order valence-electron chi connectivity index (χ2n) is 14.5. The van der Waals surface area contributed by atoms with E-state index in [0.717, 1.165) is 83.8 Å². The molecule has 3 heteroatoms. The molecule has 2 heterocycles. The summed E-state index contributed by atoms with van der Waals surface area (Å²) in [6.45, 7) is 0. The van der Waals surface area contributed by atoms with E-state index in [1.807, 2.05) is 36.5 Å². The summed E-state index contributed by atoms with van der Waals surface area (Å²) in [5, 5.41) is 10.1. The van der Waals surface area contributed by atoms with Gasteiger partial charge >= 0.3 is 0 Å². The zero-order valence-electron chi connectivity index (χ0n) is 31.0. The third kappa shape index (κ3) is 5.92. The number of hydrogen-bond donors (Lipinski definition) is 0. The largest absolute Gasteiger partial charge is 0.256 e. The third-order valence-electron chi connectivity index (χ3n) is 11.2. The van der Waals surface area contributed by atoms with Gasteiger partial charge in [-0.1, -0.05) is 146 Å². The van der Waals surface area contributed by atoms with Crippen molar-refractivity contribution in [2.45, 2.75) is 5.41 Å². The molecule has 3 nitrogen and oxygen atoms in total. The van der Waals surface area contributed by atoms with Gasteiger partial charge in [0.2, 0.25) is 0 Å². The Balaban J connectivity index is 1.22. The van der Waals surface area contributed by atoms with Crippen molar-refractivity contribution in [1.29, 1.82) is 5.26 Å². The minimum Gasteiger partial charge on any atom is -0.256 e. The number of aromatic nitrogens is 2. The highest BCUT2D eigenvalue weighted by Crippen LogP contribution is 2.57. The number of fused-ring (bicyclic) bond motifs is 3. The van der Waals surface area contributed by atoms with Crippen LogP contribution >= 0.6 is 0 Å². The van der Waals surface area contributed by atoms with Crippen molar-refractivity contribution in [3.8, 4) is 73.2 Å². The van der Waals surface area contributed by atoms with E-state index in [1.165, 1.54) is 5.56 Å². The van der Waals surface area contributed by atoms with Gasteiger partial charge in [-0.05, 0) is 116 Å². The quantitative estimate of drug-likeness (QED) is 0.164. The Hall–Kier alpha value is -7.67. The molecule has 57 heavy (non-hydrogen) atoms. The molecule has 0 spiro atoms. The van der Waals surface area contributed by atoms with Crippen molar-refractivity contribution in [2.75, 3.05) is 0 Å². The van der Waals surface area contributed by atoms with Crippen LogP contribution in [0.15, 0.2) is 212 Å². The fourth-order valence-corrected chi connectivity index (χ4v) is 8.59. The molecule has 0 amide bonds. The maximum atomic E-state index is 10.1. The molecule has 0 aliphatic heterocycles. The molecule has 0 atom stereocenters. The van der Waals surface area contributed by atoms with Crippen LogP contribution in [0.3, 0.4) is 0 Å². The highest BCUT2D eigenvalue weighted by atomic mass is 14.7. The lowest BCUT2D eigenvalue weighted by Gasteiger charge is -2.34. The maximum Gasteiger partial charge on any atom is 0.0991 e. The molecular formula is C54H35N3. The summed E-state index contributed by atoms with van der Waals surface area (Å²) >= 11 is 0. The first kappa shape index (κ1) is 33.9. The number of nitrogens with zero attached hydrogens (tertiary/aromatic N) is 3. The molecule has 2 aromatic heterocycles. The van der Waals surface area contributed by atoms with Crippen LogP contribution in [0.4, 0.5) is 0 Å². The minimum atomic E-state index is -0.645. The molecular weight excluding hydrogens is 691 g/mol. The summed E-state index contributed by atoms with van der Waals surface area (Å²) in [5.41, 5.74) is 17.1. The summed E-state index contributed by atoms with van der Waals surface area (Å²) in [4.78, 5) is 10.1. The van der Waals surface area contributed by atoms with E-state index < -0.39 is 5.41 Å². The molecule has 7 aromatic carbocycles. The van der Waals surface area contributed by atoms with E-state index >= 15 is 0 Å². The van der Waals surface area contributed by atoms with Gasteiger partial charge < -0.3 is 0 Å². The molecule has 0 radical (unpaired) electrons. The summed E-state index contributed by atoms with van der Waals surface area (Å²) in [6, 6.07) is 74.9. The summed E-state index contributed by atoms with van der Waals surface area (Å²) < 4.78 is 0. The van der Waals surface area contributed by atoms with Crippen LogP contribution in [0.1, 0.15) is 27.8 Å². The van der Waals surface area contributed by atoms with Gasteiger partial charge in [0.05, 0.1) is 34.1 Å². The second kappa shape index (κ2) is 14.2. The van der Waals surface area contributed by atoms with Gasteiger partial charge in [0.25, 0.3) is 0 Å². The van der Waals surface area contributed by atoms with Crippen molar-refractivity contribution >= 4 is 0 Å². The highest BCUT2D eigenvalue weighted by Gasteiger charge is 2.46. The Bertz CT molecular complexity index is 2840. The molecule has 10 rings (SSSR count). The lowest BCUT2D eigenvalue weighted by atomic mass is 9.67. The fraction of sp³-hybridized carbons (Fsp3) is 0.0185. The lowest BCUT2D eigenvalue weighted by molar-refractivity contribution is 0.768. The van der Waals surface area contributed by atoms with Crippen molar-refractivity contribution in [2.24, 2.45) is 0 Å². The average molecular weight is 726 g/mol.